The molecule has 0 radical (unpaired) electrons. The van der Waals surface area contributed by atoms with E-state index in [4.69, 9.17) is 11.6 Å². The molecule has 1 aromatic carbocycles. The lowest BCUT2D eigenvalue weighted by molar-refractivity contribution is 0.240. The topological polar surface area (TPSA) is 90.7 Å². The van der Waals surface area contributed by atoms with Crippen LogP contribution in [0.15, 0.2) is 39.0 Å². The van der Waals surface area contributed by atoms with Gasteiger partial charge in [0.25, 0.3) is 5.56 Å². The van der Waals surface area contributed by atoms with E-state index in [0.29, 0.717) is 0 Å². The molecule has 24 heavy (non-hydrogen) atoms. The van der Waals surface area contributed by atoms with Gasteiger partial charge in [-0.3, -0.25) is 14.8 Å². The van der Waals surface area contributed by atoms with Gasteiger partial charge in [0, 0.05) is 13.1 Å². The van der Waals surface area contributed by atoms with Gasteiger partial charge in [-0.25, -0.2) is 9.36 Å². The summed E-state index contributed by atoms with van der Waals surface area (Å²) in [6.07, 6.45) is 4.53. The molecule has 0 amide bonds. The van der Waals surface area contributed by atoms with Crippen LogP contribution in [0.4, 0.5) is 0 Å². The Bertz CT molecular complexity index is 882. The third-order valence-electron chi connectivity index (χ3n) is 3.90. The molecule has 2 heterocycles. The van der Waals surface area contributed by atoms with Gasteiger partial charge >= 0.3 is 5.69 Å². The largest absolute Gasteiger partial charge is 0.493 e. The number of nitrogens with one attached hydrogen (secondary N) is 1. The Morgan fingerprint density at radius 2 is 1.88 bits per heavy atom. The van der Waals surface area contributed by atoms with E-state index in [9.17, 15) is 14.7 Å². The number of rotatable bonds is 3. The first-order valence-electron chi connectivity index (χ1n) is 7.70. The summed E-state index contributed by atoms with van der Waals surface area (Å²) >= 11 is 6.09. The van der Waals surface area contributed by atoms with Crippen molar-refractivity contribution in [2.24, 2.45) is 5.10 Å². The van der Waals surface area contributed by atoms with Crippen LogP contribution in [-0.4, -0.2) is 39.0 Å². The Morgan fingerprint density at radius 3 is 2.58 bits per heavy atom. The highest BCUT2D eigenvalue weighted by Gasteiger charge is 2.16. The minimum atomic E-state index is -0.763. The van der Waals surface area contributed by atoms with E-state index in [1.165, 1.54) is 6.21 Å². The molecule has 2 aromatic rings. The normalized spacial score (nSPS) is 15.1. The van der Waals surface area contributed by atoms with Crippen molar-refractivity contribution in [3.63, 3.8) is 0 Å². The van der Waals surface area contributed by atoms with Crippen LogP contribution in [0.1, 0.15) is 24.8 Å². The maximum Gasteiger partial charge on any atom is 0.335 e. The van der Waals surface area contributed by atoms with E-state index in [-0.39, 0.29) is 16.3 Å². The summed E-state index contributed by atoms with van der Waals surface area (Å²) in [5.41, 5.74) is -1.26. The van der Waals surface area contributed by atoms with Gasteiger partial charge in [0.1, 0.15) is 5.56 Å². The summed E-state index contributed by atoms with van der Waals surface area (Å²) in [5, 5.41) is 16.8. The molecule has 126 valence electrons. The molecular weight excluding hydrogens is 332 g/mol. The zero-order valence-electron chi connectivity index (χ0n) is 12.9. The number of aromatic amines is 1. The van der Waals surface area contributed by atoms with Crippen LogP contribution >= 0.6 is 11.6 Å². The van der Waals surface area contributed by atoms with Gasteiger partial charge in [-0.2, -0.15) is 5.10 Å². The number of aromatic nitrogens is 2. The zero-order chi connectivity index (χ0) is 17.1. The van der Waals surface area contributed by atoms with Gasteiger partial charge in [-0.15, -0.1) is 0 Å². The lowest BCUT2D eigenvalue weighted by Gasteiger charge is -2.23. The third kappa shape index (κ3) is 3.21. The molecule has 0 atom stereocenters. The van der Waals surface area contributed by atoms with Gasteiger partial charge in [0.2, 0.25) is 5.88 Å². The quantitative estimate of drug-likeness (QED) is 0.826. The highest BCUT2D eigenvalue weighted by atomic mass is 35.5. The monoisotopic (exact) mass is 348 g/mol. The lowest BCUT2D eigenvalue weighted by atomic mass is 10.2. The first-order chi connectivity index (χ1) is 11.6. The summed E-state index contributed by atoms with van der Waals surface area (Å²) in [6.45, 7) is 1.61. The predicted octanol–water partition coefficient (Wildman–Crippen LogP) is 1.70. The van der Waals surface area contributed by atoms with Crippen LogP contribution in [-0.2, 0) is 0 Å². The average molecular weight is 349 g/mol. The van der Waals surface area contributed by atoms with Crippen molar-refractivity contribution in [1.82, 2.24) is 14.6 Å². The average Bonchev–Trinajstić information content (AvgIpc) is 2.57. The number of piperidine rings is 1. The summed E-state index contributed by atoms with van der Waals surface area (Å²) in [5.74, 6) is -0.488. The molecule has 1 fully saturated rings. The van der Waals surface area contributed by atoms with Gasteiger partial charge in [0.05, 0.1) is 16.9 Å². The molecular formula is C16H17ClN4O3. The molecule has 0 spiro atoms. The first kappa shape index (κ1) is 16.3. The van der Waals surface area contributed by atoms with E-state index in [1.54, 1.807) is 24.3 Å². The molecule has 0 unspecified atom stereocenters. The van der Waals surface area contributed by atoms with Gasteiger partial charge in [-0.1, -0.05) is 23.7 Å². The van der Waals surface area contributed by atoms with E-state index < -0.39 is 17.1 Å². The number of hydrazone groups is 1. The zero-order valence-corrected chi connectivity index (χ0v) is 13.7. The van der Waals surface area contributed by atoms with E-state index in [1.807, 2.05) is 5.01 Å². The second-order valence-electron chi connectivity index (χ2n) is 5.54. The minimum absolute atomic E-state index is 0.0832. The van der Waals surface area contributed by atoms with Gasteiger partial charge in [-0.05, 0) is 31.4 Å². The number of hydrogen-bond donors (Lipinski definition) is 2. The highest BCUT2D eigenvalue weighted by molar-refractivity contribution is 6.32. The summed E-state index contributed by atoms with van der Waals surface area (Å²) in [4.78, 5) is 26.3. The predicted molar refractivity (Wildman–Crippen MR) is 92.4 cm³/mol. The van der Waals surface area contributed by atoms with E-state index in [0.717, 1.165) is 36.9 Å². The summed E-state index contributed by atoms with van der Waals surface area (Å²) in [6, 6.07) is 6.56. The Morgan fingerprint density at radius 1 is 1.17 bits per heavy atom. The molecule has 1 aliphatic heterocycles. The fourth-order valence-electron chi connectivity index (χ4n) is 2.64. The standard InChI is InChI=1S/C16H17ClN4O3/c17-12-6-2-3-7-13(12)21-15(23)11(14(22)19-16(21)24)10-18-20-8-4-1-5-9-20/h2-3,6-7,10,23H,1,4-5,8-9H2,(H,19,22,24). The lowest BCUT2D eigenvalue weighted by Crippen LogP contribution is -2.32. The number of para-hydroxylation sites is 1. The molecule has 8 heteroatoms. The van der Waals surface area contributed by atoms with Crippen molar-refractivity contribution in [2.45, 2.75) is 19.3 Å². The van der Waals surface area contributed by atoms with Gasteiger partial charge < -0.3 is 5.11 Å². The Kier molecular flexibility index (Phi) is 4.71. The Hall–Kier alpha value is -2.54. The van der Waals surface area contributed by atoms with Crippen molar-refractivity contribution >= 4 is 17.8 Å². The van der Waals surface area contributed by atoms with Crippen LogP contribution in [0.5, 0.6) is 5.88 Å². The Balaban J connectivity index is 2.06. The summed E-state index contributed by atoms with van der Waals surface area (Å²) in [7, 11) is 0. The van der Waals surface area contributed by atoms with E-state index in [2.05, 4.69) is 10.1 Å². The van der Waals surface area contributed by atoms with Crippen LogP contribution < -0.4 is 11.2 Å². The molecule has 7 nitrogen and oxygen atoms in total. The maximum atomic E-state index is 12.1. The highest BCUT2D eigenvalue weighted by Crippen LogP contribution is 2.22. The molecule has 1 aliphatic rings. The number of benzene rings is 1. The molecule has 0 bridgehead atoms. The van der Waals surface area contributed by atoms with Crippen LogP contribution in [0.2, 0.25) is 5.02 Å². The van der Waals surface area contributed by atoms with Gasteiger partial charge in [0.15, 0.2) is 0 Å². The number of nitrogens with zero attached hydrogens (tertiary/aromatic N) is 3. The van der Waals surface area contributed by atoms with Crippen molar-refractivity contribution in [3.05, 3.63) is 55.7 Å². The second kappa shape index (κ2) is 6.92. The molecule has 0 aliphatic carbocycles. The number of H-pyrrole nitrogens is 1. The smallest absolute Gasteiger partial charge is 0.335 e. The van der Waals surface area contributed by atoms with Crippen LogP contribution in [0.25, 0.3) is 5.69 Å². The maximum absolute atomic E-state index is 12.1. The van der Waals surface area contributed by atoms with Crippen molar-refractivity contribution in [2.75, 3.05) is 13.1 Å². The fraction of sp³-hybridized carbons (Fsp3) is 0.312. The Labute approximate surface area is 142 Å². The van der Waals surface area contributed by atoms with E-state index >= 15 is 0 Å². The SMILES string of the molecule is O=c1[nH]c(=O)n(-c2ccccc2Cl)c(O)c1C=NN1CCCCC1. The third-order valence-corrected chi connectivity index (χ3v) is 4.22. The second-order valence-corrected chi connectivity index (χ2v) is 5.95. The number of aromatic hydroxyl groups is 1. The molecule has 1 saturated heterocycles. The fourth-order valence-corrected chi connectivity index (χ4v) is 2.86. The summed E-state index contributed by atoms with van der Waals surface area (Å²) < 4.78 is 0.960. The minimum Gasteiger partial charge on any atom is -0.493 e. The van der Waals surface area contributed by atoms with Crippen molar-refractivity contribution in [1.29, 1.82) is 0 Å². The van der Waals surface area contributed by atoms with Crippen molar-refractivity contribution in [3.8, 4) is 11.6 Å². The number of halogens is 1. The first-order valence-corrected chi connectivity index (χ1v) is 8.08. The molecule has 3 rings (SSSR count). The van der Waals surface area contributed by atoms with Crippen LogP contribution in [0, 0.1) is 0 Å². The molecule has 0 saturated carbocycles. The van der Waals surface area contributed by atoms with Crippen molar-refractivity contribution < 1.29 is 5.11 Å². The number of hydrogen-bond acceptors (Lipinski definition) is 5. The van der Waals surface area contributed by atoms with Crippen LogP contribution in [0.3, 0.4) is 0 Å². The molecule has 1 aromatic heterocycles. The molecule has 2 N–H and O–H groups in total.